The molecule has 2 nitrogen and oxygen atoms in total. The summed E-state index contributed by atoms with van der Waals surface area (Å²) < 4.78 is 5.80. The van der Waals surface area contributed by atoms with Gasteiger partial charge in [-0.1, -0.05) is 20.8 Å². The number of hydrogen-bond donors (Lipinski definition) is 1. The molecular weight excluding hydrogens is 198 g/mol. The highest BCUT2D eigenvalue weighted by molar-refractivity contribution is 4.87. The van der Waals surface area contributed by atoms with Crippen molar-refractivity contribution in [3.05, 3.63) is 0 Å². The molecule has 1 aliphatic rings. The van der Waals surface area contributed by atoms with Crippen LogP contribution in [0.3, 0.4) is 0 Å². The first-order valence-electron chi connectivity index (χ1n) is 6.83. The lowest BCUT2D eigenvalue weighted by atomic mass is 9.79. The summed E-state index contributed by atoms with van der Waals surface area (Å²) in [5.74, 6) is 1.49. The van der Waals surface area contributed by atoms with Crippen LogP contribution in [0.25, 0.3) is 0 Å². The average Bonchev–Trinajstić information content (AvgIpc) is 2.16. The van der Waals surface area contributed by atoms with Crippen molar-refractivity contribution in [2.75, 3.05) is 13.2 Å². The molecule has 1 fully saturated rings. The van der Waals surface area contributed by atoms with Crippen molar-refractivity contribution in [3.8, 4) is 0 Å². The molecule has 2 atom stereocenters. The number of hydrogen-bond acceptors (Lipinski definition) is 2. The Labute approximate surface area is 101 Å². The molecule has 0 aromatic carbocycles. The van der Waals surface area contributed by atoms with Gasteiger partial charge in [0.1, 0.15) is 0 Å². The minimum Gasteiger partial charge on any atom is -0.376 e. The molecule has 16 heavy (non-hydrogen) atoms. The SMILES string of the molecule is CCCNC(C(C)C)C1CCOC(C)(C)C1. The van der Waals surface area contributed by atoms with E-state index in [4.69, 9.17) is 4.74 Å². The van der Waals surface area contributed by atoms with E-state index in [1.54, 1.807) is 0 Å². The van der Waals surface area contributed by atoms with Gasteiger partial charge in [-0.15, -0.1) is 0 Å². The summed E-state index contributed by atoms with van der Waals surface area (Å²) in [5, 5.41) is 3.72. The first-order valence-corrected chi connectivity index (χ1v) is 6.83. The number of rotatable bonds is 5. The van der Waals surface area contributed by atoms with Gasteiger partial charge in [0.15, 0.2) is 0 Å². The standard InChI is InChI=1S/C14H29NO/c1-6-8-15-13(11(2)3)12-7-9-16-14(4,5)10-12/h11-13,15H,6-10H2,1-5H3. The van der Waals surface area contributed by atoms with Gasteiger partial charge < -0.3 is 10.1 Å². The minimum atomic E-state index is 0.0734. The third kappa shape index (κ3) is 4.06. The van der Waals surface area contributed by atoms with Crippen LogP contribution in [0.2, 0.25) is 0 Å². The third-order valence-electron chi connectivity index (χ3n) is 3.59. The van der Waals surface area contributed by atoms with Crippen molar-refractivity contribution in [2.45, 2.75) is 65.5 Å². The molecule has 0 amide bonds. The molecule has 2 unspecified atom stereocenters. The van der Waals surface area contributed by atoms with E-state index in [1.807, 2.05) is 0 Å². The predicted octanol–water partition coefficient (Wildman–Crippen LogP) is 3.22. The lowest BCUT2D eigenvalue weighted by molar-refractivity contribution is -0.0809. The summed E-state index contributed by atoms with van der Waals surface area (Å²) in [6.45, 7) is 13.4. The second-order valence-corrected chi connectivity index (χ2v) is 6.08. The van der Waals surface area contributed by atoms with Crippen LogP contribution in [0.5, 0.6) is 0 Å². The summed E-state index contributed by atoms with van der Waals surface area (Å²) in [6.07, 6.45) is 3.62. The van der Waals surface area contributed by atoms with Gasteiger partial charge in [-0.25, -0.2) is 0 Å². The Bertz CT molecular complexity index is 201. The molecule has 0 radical (unpaired) electrons. The van der Waals surface area contributed by atoms with Crippen LogP contribution < -0.4 is 5.32 Å². The normalized spacial score (nSPS) is 27.0. The van der Waals surface area contributed by atoms with E-state index in [1.165, 1.54) is 19.3 Å². The van der Waals surface area contributed by atoms with E-state index in [0.717, 1.165) is 19.1 Å². The topological polar surface area (TPSA) is 21.3 Å². The van der Waals surface area contributed by atoms with Crippen LogP contribution in [0.4, 0.5) is 0 Å². The quantitative estimate of drug-likeness (QED) is 0.778. The molecule has 1 aliphatic heterocycles. The second kappa shape index (κ2) is 6.02. The monoisotopic (exact) mass is 227 g/mol. The molecule has 0 bridgehead atoms. The smallest absolute Gasteiger partial charge is 0.0629 e. The highest BCUT2D eigenvalue weighted by Crippen LogP contribution is 2.32. The van der Waals surface area contributed by atoms with Crippen molar-refractivity contribution in [3.63, 3.8) is 0 Å². The zero-order valence-electron chi connectivity index (χ0n) is 11.7. The molecule has 2 heteroatoms. The van der Waals surface area contributed by atoms with E-state index in [-0.39, 0.29) is 5.60 Å². The highest BCUT2D eigenvalue weighted by Gasteiger charge is 2.34. The maximum atomic E-state index is 5.80. The first-order chi connectivity index (χ1) is 7.46. The summed E-state index contributed by atoms with van der Waals surface area (Å²) in [7, 11) is 0. The molecule has 0 spiro atoms. The van der Waals surface area contributed by atoms with Crippen LogP contribution in [-0.2, 0) is 4.74 Å². The molecule has 96 valence electrons. The van der Waals surface area contributed by atoms with E-state index >= 15 is 0 Å². The highest BCUT2D eigenvalue weighted by atomic mass is 16.5. The first kappa shape index (κ1) is 14.0. The van der Waals surface area contributed by atoms with Crippen molar-refractivity contribution in [1.82, 2.24) is 5.32 Å². The molecule has 1 heterocycles. The Morgan fingerprint density at radius 3 is 2.56 bits per heavy atom. The van der Waals surface area contributed by atoms with Crippen molar-refractivity contribution < 1.29 is 4.74 Å². The van der Waals surface area contributed by atoms with Crippen molar-refractivity contribution in [2.24, 2.45) is 11.8 Å². The maximum absolute atomic E-state index is 5.80. The zero-order chi connectivity index (χ0) is 12.2. The van der Waals surface area contributed by atoms with Crippen LogP contribution >= 0.6 is 0 Å². The Morgan fingerprint density at radius 2 is 2.06 bits per heavy atom. The van der Waals surface area contributed by atoms with Crippen LogP contribution in [0, 0.1) is 11.8 Å². The van der Waals surface area contributed by atoms with Crippen LogP contribution in [0.1, 0.15) is 53.9 Å². The maximum Gasteiger partial charge on any atom is 0.0629 e. The molecule has 0 saturated carbocycles. The van der Waals surface area contributed by atoms with E-state index in [2.05, 4.69) is 39.9 Å². The fraction of sp³-hybridized carbons (Fsp3) is 1.00. The van der Waals surface area contributed by atoms with Gasteiger partial charge in [-0.3, -0.25) is 0 Å². The van der Waals surface area contributed by atoms with Gasteiger partial charge in [0.2, 0.25) is 0 Å². The Balaban J connectivity index is 2.56. The average molecular weight is 227 g/mol. The Hall–Kier alpha value is -0.0800. The molecule has 1 N–H and O–H groups in total. The van der Waals surface area contributed by atoms with Gasteiger partial charge in [0.05, 0.1) is 5.60 Å². The molecule has 1 saturated heterocycles. The zero-order valence-corrected chi connectivity index (χ0v) is 11.7. The number of ether oxygens (including phenoxy) is 1. The summed E-state index contributed by atoms with van der Waals surface area (Å²) >= 11 is 0. The fourth-order valence-corrected chi connectivity index (χ4v) is 2.84. The van der Waals surface area contributed by atoms with Gasteiger partial charge >= 0.3 is 0 Å². The minimum absolute atomic E-state index is 0.0734. The summed E-state index contributed by atoms with van der Waals surface area (Å²) in [5.41, 5.74) is 0.0734. The third-order valence-corrected chi connectivity index (χ3v) is 3.59. The number of nitrogens with one attached hydrogen (secondary N) is 1. The lowest BCUT2D eigenvalue weighted by Gasteiger charge is -2.41. The molecule has 0 aromatic rings. The van der Waals surface area contributed by atoms with Crippen molar-refractivity contribution in [1.29, 1.82) is 0 Å². The Morgan fingerprint density at radius 1 is 1.38 bits per heavy atom. The van der Waals surface area contributed by atoms with Gasteiger partial charge in [0.25, 0.3) is 0 Å². The molecular formula is C14H29NO. The fourth-order valence-electron chi connectivity index (χ4n) is 2.84. The van der Waals surface area contributed by atoms with E-state index in [9.17, 15) is 0 Å². The Kier molecular flexibility index (Phi) is 5.26. The summed E-state index contributed by atoms with van der Waals surface area (Å²) in [6, 6.07) is 0.656. The van der Waals surface area contributed by atoms with E-state index in [0.29, 0.717) is 12.0 Å². The summed E-state index contributed by atoms with van der Waals surface area (Å²) in [4.78, 5) is 0. The van der Waals surface area contributed by atoms with Gasteiger partial charge in [0, 0.05) is 12.6 Å². The molecule has 0 aliphatic carbocycles. The molecule has 1 rings (SSSR count). The predicted molar refractivity (Wildman–Crippen MR) is 69.7 cm³/mol. The van der Waals surface area contributed by atoms with Crippen molar-refractivity contribution >= 4 is 0 Å². The van der Waals surface area contributed by atoms with Gasteiger partial charge in [-0.2, -0.15) is 0 Å². The van der Waals surface area contributed by atoms with E-state index < -0.39 is 0 Å². The second-order valence-electron chi connectivity index (χ2n) is 6.08. The lowest BCUT2D eigenvalue weighted by Crippen LogP contribution is -2.47. The van der Waals surface area contributed by atoms with Crippen LogP contribution in [0.15, 0.2) is 0 Å². The largest absolute Gasteiger partial charge is 0.376 e. The molecule has 0 aromatic heterocycles. The van der Waals surface area contributed by atoms with Crippen LogP contribution in [-0.4, -0.2) is 24.8 Å². The van der Waals surface area contributed by atoms with Gasteiger partial charge in [-0.05, 0) is 51.5 Å².